The van der Waals surface area contributed by atoms with Gasteiger partial charge in [0.25, 0.3) is 0 Å². The molecule has 1 aliphatic heterocycles. The number of nitrogens with one attached hydrogen (secondary N) is 1. The average molecular weight is 386 g/mol. The molecule has 0 atom stereocenters. The van der Waals surface area contributed by atoms with E-state index in [4.69, 9.17) is 23.2 Å². The summed E-state index contributed by atoms with van der Waals surface area (Å²) in [6, 6.07) is 9.78. The van der Waals surface area contributed by atoms with Crippen LogP contribution in [0.2, 0.25) is 10.0 Å². The van der Waals surface area contributed by atoms with Crippen LogP contribution in [0.4, 0.5) is 5.69 Å². The molecular formula is C19H17Cl2N5. The minimum Gasteiger partial charge on any atom is -0.368 e. The monoisotopic (exact) mass is 385 g/mol. The van der Waals surface area contributed by atoms with E-state index in [0.717, 1.165) is 48.8 Å². The zero-order chi connectivity index (χ0) is 18.1. The van der Waals surface area contributed by atoms with E-state index in [-0.39, 0.29) is 0 Å². The van der Waals surface area contributed by atoms with Crippen LogP contribution in [0.15, 0.2) is 36.7 Å². The van der Waals surface area contributed by atoms with E-state index >= 15 is 0 Å². The van der Waals surface area contributed by atoms with Crippen LogP contribution in [0, 0.1) is 11.3 Å². The Morgan fingerprint density at radius 1 is 1.15 bits per heavy atom. The highest BCUT2D eigenvalue weighted by Gasteiger charge is 2.17. The molecule has 132 valence electrons. The summed E-state index contributed by atoms with van der Waals surface area (Å²) in [6.45, 7) is 3.58. The van der Waals surface area contributed by atoms with Gasteiger partial charge in [-0.05, 0) is 29.8 Å². The van der Waals surface area contributed by atoms with Gasteiger partial charge >= 0.3 is 0 Å². The summed E-state index contributed by atoms with van der Waals surface area (Å²) in [5.41, 5.74) is 4.28. The molecule has 0 aliphatic carbocycles. The maximum atomic E-state index is 9.50. The van der Waals surface area contributed by atoms with Gasteiger partial charge in [0.15, 0.2) is 0 Å². The minimum absolute atomic E-state index is 0.593. The molecule has 5 nitrogen and oxygen atoms in total. The summed E-state index contributed by atoms with van der Waals surface area (Å²) in [7, 11) is 0. The highest BCUT2D eigenvalue weighted by Crippen LogP contribution is 2.30. The molecule has 0 amide bonds. The zero-order valence-electron chi connectivity index (χ0n) is 14.0. The van der Waals surface area contributed by atoms with Crippen molar-refractivity contribution in [3.05, 3.63) is 63.5 Å². The van der Waals surface area contributed by atoms with E-state index in [0.29, 0.717) is 22.0 Å². The largest absolute Gasteiger partial charge is 0.368 e. The Morgan fingerprint density at radius 2 is 1.96 bits per heavy atom. The van der Waals surface area contributed by atoms with Crippen molar-refractivity contribution in [1.82, 2.24) is 14.7 Å². The first-order chi connectivity index (χ1) is 12.6. The van der Waals surface area contributed by atoms with Gasteiger partial charge in [-0.3, -0.25) is 0 Å². The van der Waals surface area contributed by atoms with Gasteiger partial charge in [0.05, 0.1) is 22.0 Å². The molecule has 1 aliphatic rings. The maximum absolute atomic E-state index is 9.50. The van der Waals surface area contributed by atoms with Crippen molar-refractivity contribution in [2.75, 3.05) is 31.1 Å². The number of anilines is 1. The van der Waals surface area contributed by atoms with Gasteiger partial charge in [0.2, 0.25) is 0 Å². The van der Waals surface area contributed by atoms with Crippen molar-refractivity contribution in [3.8, 4) is 6.07 Å². The van der Waals surface area contributed by atoms with Gasteiger partial charge in [-0.1, -0.05) is 23.2 Å². The summed E-state index contributed by atoms with van der Waals surface area (Å²) in [6.07, 6.45) is 4.39. The molecule has 0 saturated carbocycles. The van der Waals surface area contributed by atoms with E-state index in [1.165, 1.54) is 0 Å². The van der Waals surface area contributed by atoms with Crippen molar-refractivity contribution >= 4 is 34.5 Å². The molecule has 0 unspecified atom stereocenters. The number of hydrogen-bond donors (Lipinski definition) is 1. The van der Waals surface area contributed by atoms with Crippen molar-refractivity contribution in [1.29, 1.82) is 5.26 Å². The van der Waals surface area contributed by atoms with E-state index in [1.807, 2.05) is 35.0 Å². The first kappa shape index (κ1) is 17.2. The van der Waals surface area contributed by atoms with Gasteiger partial charge < -0.3 is 14.6 Å². The highest BCUT2D eigenvalue weighted by atomic mass is 35.5. The number of nitrogens with zero attached hydrogens (tertiary/aromatic N) is 4. The predicted molar refractivity (Wildman–Crippen MR) is 104 cm³/mol. The smallest absolute Gasteiger partial charge is 0.137 e. The number of aromatic nitrogens is 2. The Hall–Kier alpha value is -2.26. The van der Waals surface area contributed by atoms with Crippen LogP contribution < -0.4 is 10.2 Å². The third kappa shape index (κ3) is 3.36. The molecule has 7 heteroatoms. The van der Waals surface area contributed by atoms with Gasteiger partial charge in [-0.25, -0.2) is 4.98 Å². The number of benzene rings is 1. The van der Waals surface area contributed by atoms with Crippen LogP contribution in [0.1, 0.15) is 16.8 Å². The first-order valence-electron chi connectivity index (χ1n) is 8.45. The molecule has 1 aromatic carbocycles. The number of hydrogen-bond acceptors (Lipinski definition) is 4. The number of rotatable bonds is 3. The second-order valence-corrected chi connectivity index (χ2v) is 7.18. The molecule has 0 spiro atoms. The van der Waals surface area contributed by atoms with Crippen molar-refractivity contribution in [2.24, 2.45) is 0 Å². The number of nitriles is 1. The van der Waals surface area contributed by atoms with Gasteiger partial charge in [0, 0.05) is 50.0 Å². The lowest BCUT2D eigenvalue weighted by Gasteiger charge is -2.30. The van der Waals surface area contributed by atoms with Crippen molar-refractivity contribution in [3.63, 3.8) is 0 Å². The van der Waals surface area contributed by atoms with Crippen LogP contribution >= 0.6 is 23.2 Å². The molecule has 4 rings (SSSR count). The molecule has 3 aromatic rings. The fourth-order valence-electron chi connectivity index (χ4n) is 3.29. The van der Waals surface area contributed by atoms with Gasteiger partial charge in [-0.2, -0.15) is 5.26 Å². The van der Waals surface area contributed by atoms with E-state index in [9.17, 15) is 5.26 Å². The summed E-state index contributed by atoms with van der Waals surface area (Å²) >= 11 is 12.5. The standard InChI is InChI=1S/C19H17Cl2N5/c20-15-1-2-19-24-16(12-26(19)11-15)7-13-9-18(14(10-22)8-17(13)21)25-5-3-23-4-6-25/h1-2,8-9,11-12,23H,3-7H2. The Bertz CT molecular complexity index is 999. The highest BCUT2D eigenvalue weighted by molar-refractivity contribution is 6.31. The van der Waals surface area contributed by atoms with Crippen LogP contribution in [0.25, 0.3) is 5.65 Å². The second kappa shape index (κ2) is 7.16. The molecule has 1 fully saturated rings. The molecule has 1 saturated heterocycles. The maximum Gasteiger partial charge on any atom is 0.137 e. The molecule has 3 heterocycles. The third-order valence-corrected chi connectivity index (χ3v) is 5.15. The number of piperazine rings is 1. The topological polar surface area (TPSA) is 56.4 Å². The van der Waals surface area contributed by atoms with Crippen LogP contribution in [0.3, 0.4) is 0 Å². The van der Waals surface area contributed by atoms with Crippen LogP contribution in [0.5, 0.6) is 0 Å². The summed E-state index contributed by atoms with van der Waals surface area (Å²) in [5, 5.41) is 14.1. The lowest BCUT2D eigenvalue weighted by molar-refractivity contribution is 0.589. The zero-order valence-corrected chi connectivity index (χ0v) is 15.6. The number of imidazole rings is 1. The summed E-state index contributed by atoms with van der Waals surface area (Å²) in [4.78, 5) is 6.87. The molecule has 2 aromatic heterocycles. The predicted octanol–water partition coefficient (Wildman–Crippen LogP) is 3.51. The molecule has 26 heavy (non-hydrogen) atoms. The molecular weight excluding hydrogens is 369 g/mol. The van der Waals surface area contributed by atoms with Crippen LogP contribution in [-0.4, -0.2) is 35.6 Å². The molecule has 0 radical (unpaired) electrons. The van der Waals surface area contributed by atoms with E-state index in [1.54, 1.807) is 6.07 Å². The Morgan fingerprint density at radius 3 is 2.73 bits per heavy atom. The van der Waals surface area contributed by atoms with Gasteiger partial charge in [-0.15, -0.1) is 0 Å². The minimum atomic E-state index is 0.593. The third-order valence-electron chi connectivity index (χ3n) is 4.58. The first-order valence-corrected chi connectivity index (χ1v) is 9.21. The summed E-state index contributed by atoms with van der Waals surface area (Å²) in [5.74, 6) is 0. The SMILES string of the molecule is N#Cc1cc(Cl)c(Cc2cn3cc(Cl)ccc3n2)cc1N1CCNCC1. The molecule has 1 N–H and O–H groups in total. The number of halogens is 2. The van der Waals surface area contributed by atoms with Crippen molar-refractivity contribution < 1.29 is 0 Å². The Labute approximate surface area is 161 Å². The van der Waals surface area contributed by atoms with Gasteiger partial charge in [0.1, 0.15) is 11.7 Å². The quantitative estimate of drug-likeness (QED) is 0.749. The fourth-order valence-corrected chi connectivity index (χ4v) is 3.69. The van der Waals surface area contributed by atoms with E-state index in [2.05, 4.69) is 21.3 Å². The van der Waals surface area contributed by atoms with E-state index < -0.39 is 0 Å². The normalized spacial score (nSPS) is 14.6. The Kier molecular flexibility index (Phi) is 4.73. The number of fused-ring (bicyclic) bond motifs is 1. The second-order valence-electron chi connectivity index (χ2n) is 6.33. The van der Waals surface area contributed by atoms with Crippen LogP contribution in [-0.2, 0) is 6.42 Å². The lowest BCUT2D eigenvalue weighted by atomic mass is 10.0. The number of pyridine rings is 1. The average Bonchev–Trinajstić information content (AvgIpc) is 3.05. The Balaban J connectivity index is 1.69. The van der Waals surface area contributed by atoms with Crippen molar-refractivity contribution in [2.45, 2.75) is 6.42 Å². The fraction of sp³-hybridized carbons (Fsp3) is 0.263. The summed E-state index contributed by atoms with van der Waals surface area (Å²) < 4.78 is 1.91. The molecule has 0 bridgehead atoms. The lowest BCUT2D eigenvalue weighted by Crippen LogP contribution is -2.43.